The van der Waals surface area contributed by atoms with E-state index in [1.807, 2.05) is 56.3 Å². The molecule has 1 N–H and O–H groups in total. The van der Waals surface area contributed by atoms with E-state index < -0.39 is 17.1 Å². The Hall–Kier alpha value is -3.08. The van der Waals surface area contributed by atoms with Crippen LogP contribution in [-0.2, 0) is 16.2 Å². The molecule has 4 rings (SSSR count). The van der Waals surface area contributed by atoms with E-state index in [4.69, 9.17) is 9.47 Å². The number of aryl methyl sites for hydroxylation is 2. The Bertz CT molecular complexity index is 1420. The van der Waals surface area contributed by atoms with E-state index in [1.165, 1.54) is 7.11 Å². The van der Waals surface area contributed by atoms with Crippen molar-refractivity contribution < 1.29 is 23.9 Å². The Labute approximate surface area is 241 Å². The number of carbonyl (C=O) groups is 3. The highest BCUT2D eigenvalue weighted by molar-refractivity contribution is 9.10. The lowest BCUT2D eigenvalue weighted by Crippen LogP contribution is -2.36. The molecule has 196 valence electrons. The molecule has 7 nitrogen and oxygen atoms in total. The number of hydrogen-bond donors (Lipinski definition) is 1. The van der Waals surface area contributed by atoms with Crippen LogP contribution in [0.5, 0.6) is 11.5 Å². The number of amides is 3. The van der Waals surface area contributed by atoms with Gasteiger partial charge in [0.25, 0.3) is 11.1 Å². The van der Waals surface area contributed by atoms with Gasteiger partial charge in [-0.2, -0.15) is 0 Å². The molecule has 1 saturated heterocycles. The van der Waals surface area contributed by atoms with Gasteiger partial charge in [0.15, 0.2) is 11.5 Å². The van der Waals surface area contributed by atoms with Crippen LogP contribution in [0, 0.1) is 13.8 Å². The van der Waals surface area contributed by atoms with Crippen LogP contribution in [-0.4, -0.2) is 35.6 Å². The Morgan fingerprint density at radius 1 is 1.03 bits per heavy atom. The summed E-state index contributed by atoms with van der Waals surface area (Å²) in [7, 11) is 1.53. The van der Waals surface area contributed by atoms with Gasteiger partial charge >= 0.3 is 0 Å². The van der Waals surface area contributed by atoms with Gasteiger partial charge in [0.05, 0.1) is 16.5 Å². The lowest BCUT2D eigenvalue weighted by molar-refractivity contribution is -0.127. The third-order valence-corrected chi connectivity index (χ3v) is 7.55. The standard InChI is InChI=1S/C28H24Br2N2O5S/c1-16-8-17(2)10-21(9-16)31-25(33)14-32-27(34)24(38-28(32)35)13-19-11-22(30)26(23(12-19)36-3)37-15-18-4-6-20(29)7-5-18/h4-13H,14-15H2,1-3H3,(H,31,33)/b24-13+. The van der Waals surface area contributed by atoms with E-state index in [0.717, 1.165) is 37.8 Å². The zero-order valence-electron chi connectivity index (χ0n) is 20.8. The molecule has 38 heavy (non-hydrogen) atoms. The molecule has 1 heterocycles. The molecule has 1 fully saturated rings. The highest BCUT2D eigenvalue weighted by Gasteiger charge is 2.36. The number of rotatable bonds is 8. The summed E-state index contributed by atoms with van der Waals surface area (Å²) in [6, 6.07) is 16.9. The van der Waals surface area contributed by atoms with E-state index in [1.54, 1.807) is 18.2 Å². The maximum absolute atomic E-state index is 13.0. The number of hydrogen-bond acceptors (Lipinski definition) is 6. The molecule has 0 spiro atoms. The van der Waals surface area contributed by atoms with Gasteiger partial charge in [-0.1, -0.05) is 34.1 Å². The maximum Gasteiger partial charge on any atom is 0.294 e. The molecule has 0 aliphatic carbocycles. The average molecular weight is 660 g/mol. The number of benzene rings is 3. The predicted molar refractivity (Wildman–Crippen MR) is 156 cm³/mol. The summed E-state index contributed by atoms with van der Waals surface area (Å²) in [5, 5.41) is 2.26. The summed E-state index contributed by atoms with van der Waals surface area (Å²) in [6.07, 6.45) is 1.60. The van der Waals surface area contributed by atoms with Gasteiger partial charge in [-0.15, -0.1) is 0 Å². The Morgan fingerprint density at radius 2 is 1.71 bits per heavy atom. The first kappa shape index (κ1) is 27.9. The van der Waals surface area contributed by atoms with Gasteiger partial charge in [-0.05, 0) is 106 Å². The van der Waals surface area contributed by atoms with Crippen LogP contribution in [0.15, 0.2) is 68.4 Å². The number of ether oxygens (including phenoxy) is 2. The summed E-state index contributed by atoms with van der Waals surface area (Å²) < 4.78 is 13.1. The minimum Gasteiger partial charge on any atom is -0.493 e. The second-order valence-electron chi connectivity index (χ2n) is 8.64. The minimum absolute atomic E-state index is 0.215. The van der Waals surface area contributed by atoms with E-state index in [9.17, 15) is 14.4 Å². The lowest BCUT2D eigenvalue weighted by Gasteiger charge is -2.14. The summed E-state index contributed by atoms with van der Waals surface area (Å²) in [4.78, 5) is 39.3. The SMILES string of the molecule is COc1cc(/C=C2/SC(=O)N(CC(=O)Nc3cc(C)cc(C)c3)C2=O)cc(Br)c1OCc1ccc(Br)cc1. The first-order valence-corrected chi connectivity index (χ1v) is 13.9. The second kappa shape index (κ2) is 12.2. The first-order chi connectivity index (χ1) is 18.1. The van der Waals surface area contributed by atoms with E-state index in [-0.39, 0.29) is 11.4 Å². The number of imide groups is 1. The average Bonchev–Trinajstić information content (AvgIpc) is 3.10. The van der Waals surface area contributed by atoms with E-state index in [0.29, 0.717) is 33.8 Å². The van der Waals surface area contributed by atoms with Crippen molar-refractivity contribution >= 4 is 72.4 Å². The number of carbonyl (C=O) groups excluding carboxylic acids is 3. The van der Waals surface area contributed by atoms with Crippen LogP contribution in [0.4, 0.5) is 10.5 Å². The molecule has 10 heteroatoms. The third kappa shape index (κ3) is 6.86. The van der Waals surface area contributed by atoms with Crippen molar-refractivity contribution in [3.05, 3.63) is 90.7 Å². The number of anilines is 1. The molecule has 0 bridgehead atoms. The van der Waals surface area contributed by atoms with Crippen molar-refractivity contribution in [2.45, 2.75) is 20.5 Å². The van der Waals surface area contributed by atoms with Crippen molar-refractivity contribution in [2.24, 2.45) is 0 Å². The Morgan fingerprint density at radius 3 is 2.37 bits per heavy atom. The van der Waals surface area contributed by atoms with Crippen LogP contribution >= 0.6 is 43.6 Å². The fourth-order valence-corrected chi connectivity index (χ4v) is 5.55. The maximum atomic E-state index is 13.0. The lowest BCUT2D eigenvalue weighted by atomic mass is 10.1. The number of thioether (sulfide) groups is 1. The van der Waals surface area contributed by atoms with Gasteiger partial charge in [0.2, 0.25) is 5.91 Å². The monoisotopic (exact) mass is 658 g/mol. The molecule has 1 aliphatic heterocycles. The number of nitrogens with zero attached hydrogens (tertiary/aromatic N) is 1. The zero-order valence-corrected chi connectivity index (χ0v) is 24.8. The Kier molecular flexibility index (Phi) is 8.96. The second-order valence-corrected chi connectivity index (χ2v) is 11.4. The quantitative estimate of drug-likeness (QED) is 0.260. The van der Waals surface area contributed by atoms with E-state index in [2.05, 4.69) is 37.2 Å². The molecule has 0 aromatic heterocycles. The van der Waals surface area contributed by atoms with Gasteiger partial charge in [0.1, 0.15) is 13.2 Å². The van der Waals surface area contributed by atoms with Crippen molar-refractivity contribution in [1.82, 2.24) is 4.90 Å². The molecule has 0 radical (unpaired) electrons. The van der Waals surface area contributed by atoms with Crippen molar-refractivity contribution in [3.63, 3.8) is 0 Å². The third-order valence-electron chi connectivity index (χ3n) is 5.53. The minimum atomic E-state index is -0.527. The van der Waals surface area contributed by atoms with Crippen molar-refractivity contribution in [1.29, 1.82) is 0 Å². The molecule has 0 saturated carbocycles. The summed E-state index contributed by atoms with van der Waals surface area (Å²) >= 11 is 7.73. The highest BCUT2D eigenvalue weighted by Crippen LogP contribution is 2.39. The summed E-state index contributed by atoms with van der Waals surface area (Å²) in [6.45, 7) is 3.83. The molecule has 0 unspecified atom stereocenters. The number of methoxy groups -OCH3 is 1. The van der Waals surface area contributed by atoms with Crippen LogP contribution in [0.25, 0.3) is 6.08 Å². The zero-order chi connectivity index (χ0) is 27.4. The summed E-state index contributed by atoms with van der Waals surface area (Å²) in [5.41, 5.74) is 4.24. The van der Waals surface area contributed by atoms with Gasteiger partial charge in [-0.3, -0.25) is 19.3 Å². The molecule has 3 aromatic rings. The molecular weight excluding hydrogens is 636 g/mol. The fourth-order valence-electron chi connectivity index (χ4n) is 3.88. The largest absolute Gasteiger partial charge is 0.493 e. The first-order valence-electron chi connectivity index (χ1n) is 11.5. The molecule has 3 aromatic carbocycles. The van der Waals surface area contributed by atoms with E-state index >= 15 is 0 Å². The van der Waals surface area contributed by atoms with Crippen LogP contribution in [0.3, 0.4) is 0 Å². The normalized spacial score (nSPS) is 14.2. The molecular formula is C28H24Br2N2O5S. The highest BCUT2D eigenvalue weighted by atomic mass is 79.9. The van der Waals surface area contributed by atoms with Gasteiger partial charge in [0, 0.05) is 10.2 Å². The molecule has 3 amide bonds. The van der Waals surface area contributed by atoms with Gasteiger partial charge < -0.3 is 14.8 Å². The topological polar surface area (TPSA) is 84.9 Å². The smallest absolute Gasteiger partial charge is 0.294 e. The Balaban J connectivity index is 1.46. The summed E-state index contributed by atoms with van der Waals surface area (Å²) in [5.74, 6) is 0.00925. The number of halogens is 2. The number of nitrogens with one attached hydrogen (secondary N) is 1. The molecule has 1 aliphatic rings. The fraction of sp³-hybridized carbons (Fsp3) is 0.179. The molecule has 0 atom stereocenters. The van der Waals surface area contributed by atoms with Crippen LogP contribution in [0.1, 0.15) is 22.3 Å². The predicted octanol–water partition coefficient (Wildman–Crippen LogP) is 7.09. The van der Waals surface area contributed by atoms with Crippen LogP contribution in [0.2, 0.25) is 0 Å². The van der Waals surface area contributed by atoms with Crippen molar-refractivity contribution in [2.75, 3.05) is 19.0 Å². The van der Waals surface area contributed by atoms with Gasteiger partial charge in [-0.25, -0.2) is 0 Å². The van der Waals surface area contributed by atoms with Crippen molar-refractivity contribution in [3.8, 4) is 11.5 Å². The van der Waals surface area contributed by atoms with Crippen LogP contribution < -0.4 is 14.8 Å².